The molecule has 3 N–H and O–H groups in total. The van der Waals surface area contributed by atoms with Gasteiger partial charge in [0.25, 0.3) is 5.91 Å². The normalized spacial score (nSPS) is 14.6. The Morgan fingerprint density at radius 1 is 1.47 bits per heavy atom. The van der Waals surface area contributed by atoms with Crippen LogP contribution >= 0.6 is 0 Å². The Morgan fingerprint density at radius 2 is 2.26 bits per heavy atom. The van der Waals surface area contributed by atoms with Gasteiger partial charge in [0.2, 0.25) is 0 Å². The van der Waals surface area contributed by atoms with E-state index < -0.39 is 0 Å². The van der Waals surface area contributed by atoms with Gasteiger partial charge >= 0.3 is 0 Å². The lowest BCUT2D eigenvalue weighted by atomic mass is 10.1. The molecule has 19 heavy (non-hydrogen) atoms. The molecule has 0 saturated carbocycles. The predicted molar refractivity (Wildman–Crippen MR) is 73.4 cm³/mol. The molecule has 0 bridgehead atoms. The van der Waals surface area contributed by atoms with Gasteiger partial charge in [-0.05, 0) is 44.5 Å². The number of aliphatic hydroxyl groups excluding tert-OH is 1. The van der Waals surface area contributed by atoms with Gasteiger partial charge in [-0.25, -0.2) is 0 Å². The van der Waals surface area contributed by atoms with Gasteiger partial charge < -0.3 is 20.5 Å². The molecule has 5 nitrogen and oxygen atoms in total. The molecule has 0 saturated heterocycles. The maximum absolute atomic E-state index is 11.2. The fourth-order valence-corrected chi connectivity index (χ4v) is 1.89. The number of benzene rings is 1. The predicted octanol–water partition coefficient (Wildman–Crippen LogP) is 0.920. The first kappa shape index (κ1) is 13.8. The number of carbonyl (C=O) groups excluding carboxylic acids is 1. The molecule has 1 aromatic carbocycles. The van der Waals surface area contributed by atoms with E-state index in [9.17, 15) is 4.79 Å². The van der Waals surface area contributed by atoms with Crippen molar-refractivity contribution in [1.29, 1.82) is 0 Å². The van der Waals surface area contributed by atoms with Gasteiger partial charge in [0.1, 0.15) is 5.75 Å². The smallest absolute Gasteiger partial charge is 0.262 e. The minimum Gasteiger partial charge on any atom is -0.482 e. The van der Waals surface area contributed by atoms with E-state index in [4.69, 9.17) is 9.84 Å². The molecule has 5 heteroatoms. The van der Waals surface area contributed by atoms with Crippen LogP contribution in [0.3, 0.4) is 0 Å². The van der Waals surface area contributed by atoms with Crippen LogP contribution in [0.5, 0.6) is 5.75 Å². The van der Waals surface area contributed by atoms with Crippen LogP contribution < -0.4 is 15.4 Å². The Kier molecular flexibility index (Phi) is 4.07. The van der Waals surface area contributed by atoms with Crippen molar-refractivity contribution < 1.29 is 14.6 Å². The number of carbonyl (C=O) groups is 1. The highest BCUT2D eigenvalue weighted by Crippen LogP contribution is 2.28. The first-order valence-electron chi connectivity index (χ1n) is 6.42. The van der Waals surface area contributed by atoms with Crippen LogP contribution in [-0.4, -0.2) is 36.3 Å². The molecule has 1 aromatic rings. The van der Waals surface area contributed by atoms with E-state index in [0.717, 1.165) is 24.2 Å². The Labute approximate surface area is 113 Å². The van der Waals surface area contributed by atoms with E-state index in [0.29, 0.717) is 5.75 Å². The summed E-state index contributed by atoms with van der Waals surface area (Å²) in [6.45, 7) is 4.85. The van der Waals surface area contributed by atoms with Gasteiger partial charge in [-0.1, -0.05) is 6.07 Å². The second-order valence-corrected chi connectivity index (χ2v) is 5.39. The average Bonchev–Trinajstić information content (AvgIpc) is 2.38. The van der Waals surface area contributed by atoms with Crippen LogP contribution in [-0.2, 0) is 11.2 Å². The van der Waals surface area contributed by atoms with Crippen molar-refractivity contribution in [3.05, 3.63) is 23.8 Å². The van der Waals surface area contributed by atoms with Crippen LogP contribution in [0.2, 0.25) is 0 Å². The molecule has 104 valence electrons. The van der Waals surface area contributed by atoms with Crippen molar-refractivity contribution in [2.75, 3.05) is 25.1 Å². The number of fused-ring (bicyclic) bond motifs is 1. The molecule has 0 atom stereocenters. The lowest BCUT2D eigenvalue weighted by Crippen LogP contribution is -2.43. The zero-order valence-corrected chi connectivity index (χ0v) is 11.3. The van der Waals surface area contributed by atoms with Crippen molar-refractivity contribution in [2.45, 2.75) is 25.8 Å². The number of amides is 1. The molecule has 0 radical (unpaired) electrons. The van der Waals surface area contributed by atoms with Crippen LogP contribution in [0.4, 0.5) is 5.69 Å². The average molecular weight is 264 g/mol. The lowest BCUT2D eigenvalue weighted by Gasteiger charge is -2.24. The van der Waals surface area contributed by atoms with E-state index >= 15 is 0 Å². The molecular weight excluding hydrogens is 244 g/mol. The van der Waals surface area contributed by atoms with Gasteiger partial charge in [0, 0.05) is 5.54 Å². The molecular formula is C14H20N2O3. The molecule has 0 aliphatic carbocycles. The van der Waals surface area contributed by atoms with Gasteiger partial charge in [0.15, 0.2) is 6.61 Å². The standard InChI is InChI=1S/C14H20N2O3/c1-14(2,9-17)15-6-5-10-3-4-12-11(7-10)16-13(18)8-19-12/h3-4,7,15,17H,5-6,8-9H2,1-2H3,(H,16,18). The summed E-state index contributed by atoms with van der Waals surface area (Å²) < 4.78 is 5.31. The van der Waals surface area contributed by atoms with Crippen LogP contribution in [0.15, 0.2) is 18.2 Å². The first-order valence-corrected chi connectivity index (χ1v) is 6.42. The van der Waals surface area contributed by atoms with Crippen molar-refractivity contribution in [3.63, 3.8) is 0 Å². The number of anilines is 1. The minimum atomic E-state index is -0.272. The van der Waals surface area contributed by atoms with Crippen LogP contribution in [0, 0.1) is 0 Å². The highest BCUT2D eigenvalue weighted by Gasteiger charge is 2.17. The molecule has 1 amide bonds. The van der Waals surface area contributed by atoms with Crippen molar-refractivity contribution in [3.8, 4) is 5.75 Å². The van der Waals surface area contributed by atoms with Crippen LogP contribution in [0.25, 0.3) is 0 Å². The molecule has 1 aliphatic rings. The van der Waals surface area contributed by atoms with Gasteiger partial charge in [-0.15, -0.1) is 0 Å². The molecule has 0 fully saturated rings. The van der Waals surface area contributed by atoms with Gasteiger partial charge in [0.05, 0.1) is 12.3 Å². The Morgan fingerprint density at radius 3 is 3.00 bits per heavy atom. The zero-order chi connectivity index (χ0) is 13.9. The van der Waals surface area contributed by atoms with E-state index in [-0.39, 0.29) is 24.7 Å². The number of hydrogen-bond donors (Lipinski definition) is 3. The third-order valence-electron chi connectivity index (χ3n) is 3.09. The highest BCUT2D eigenvalue weighted by atomic mass is 16.5. The SMILES string of the molecule is CC(C)(CO)NCCc1ccc2c(c1)NC(=O)CO2. The number of rotatable bonds is 5. The van der Waals surface area contributed by atoms with Crippen molar-refractivity contribution in [1.82, 2.24) is 5.32 Å². The first-order chi connectivity index (χ1) is 9.00. The van der Waals surface area contributed by atoms with Crippen molar-refractivity contribution in [2.24, 2.45) is 0 Å². The lowest BCUT2D eigenvalue weighted by molar-refractivity contribution is -0.118. The Hall–Kier alpha value is -1.59. The maximum atomic E-state index is 11.2. The summed E-state index contributed by atoms with van der Waals surface area (Å²) in [7, 11) is 0. The summed E-state index contributed by atoms with van der Waals surface area (Å²) in [6.07, 6.45) is 0.826. The third-order valence-corrected chi connectivity index (χ3v) is 3.09. The van der Waals surface area contributed by atoms with Crippen molar-refractivity contribution >= 4 is 11.6 Å². The maximum Gasteiger partial charge on any atom is 0.262 e. The summed E-state index contributed by atoms with van der Waals surface area (Å²) in [5.74, 6) is 0.594. The number of aliphatic hydroxyl groups is 1. The second kappa shape index (κ2) is 5.59. The fraction of sp³-hybridized carbons (Fsp3) is 0.500. The van der Waals surface area contributed by atoms with E-state index in [2.05, 4.69) is 10.6 Å². The monoisotopic (exact) mass is 264 g/mol. The molecule has 1 heterocycles. The Balaban J connectivity index is 1.95. The molecule has 1 aliphatic heterocycles. The van der Waals surface area contributed by atoms with E-state index in [1.807, 2.05) is 32.0 Å². The summed E-state index contributed by atoms with van der Waals surface area (Å²) in [5.41, 5.74) is 1.58. The molecule has 2 rings (SSSR count). The quantitative estimate of drug-likeness (QED) is 0.739. The third kappa shape index (κ3) is 3.68. The number of hydrogen-bond acceptors (Lipinski definition) is 4. The number of nitrogens with one attached hydrogen (secondary N) is 2. The zero-order valence-electron chi connectivity index (χ0n) is 11.3. The fourth-order valence-electron chi connectivity index (χ4n) is 1.89. The summed E-state index contributed by atoms with van der Waals surface area (Å²) in [6, 6.07) is 5.80. The molecule has 0 aromatic heterocycles. The highest BCUT2D eigenvalue weighted by molar-refractivity contribution is 5.95. The second-order valence-electron chi connectivity index (χ2n) is 5.39. The summed E-state index contributed by atoms with van der Waals surface area (Å²) in [4.78, 5) is 11.2. The molecule has 0 unspecified atom stereocenters. The topological polar surface area (TPSA) is 70.6 Å². The van der Waals surface area contributed by atoms with Crippen LogP contribution in [0.1, 0.15) is 19.4 Å². The van der Waals surface area contributed by atoms with E-state index in [1.165, 1.54) is 0 Å². The summed E-state index contributed by atoms with van der Waals surface area (Å²) in [5, 5.41) is 15.2. The summed E-state index contributed by atoms with van der Waals surface area (Å²) >= 11 is 0. The molecule has 0 spiro atoms. The number of ether oxygens (including phenoxy) is 1. The van der Waals surface area contributed by atoms with E-state index in [1.54, 1.807) is 0 Å². The van der Waals surface area contributed by atoms with Gasteiger partial charge in [-0.2, -0.15) is 0 Å². The largest absolute Gasteiger partial charge is 0.482 e. The Bertz CT molecular complexity index is 472. The minimum absolute atomic E-state index is 0.0819. The van der Waals surface area contributed by atoms with Gasteiger partial charge in [-0.3, -0.25) is 4.79 Å².